The molecule has 0 aliphatic heterocycles. The van der Waals surface area contributed by atoms with Crippen molar-refractivity contribution in [2.24, 2.45) is 0 Å². The second-order valence-electron chi connectivity index (χ2n) is 4.12. The Morgan fingerprint density at radius 3 is 2.45 bits per heavy atom. The molecule has 0 aromatic heterocycles. The lowest BCUT2D eigenvalue weighted by molar-refractivity contribution is 0.262. The molecule has 0 radical (unpaired) electrons. The molecule has 0 aliphatic carbocycles. The smallest absolute Gasteiger partial charge is 0.307 e. The van der Waals surface area contributed by atoms with Crippen LogP contribution in [0.4, 0.5) is 25.0 Å². The van der Waals surface area contributed by atoms with E-state index in [-0.39, 0.29) is 10.7 Å². The molecule has 0 aliphatic rings. The van der Waals surface area contributed by atoms with E-state index >= 15 is 0 Å². The van der Waals surface area contributed by atoms with Gasteiger partial charge < -0.3 is 10.6 Å². The normalized spacial score (nSPS) is 10.2. The van der Waals surface area contributed by atoms with Gasteiger partial charge in [0.05, 0.1) is 5.69 Å². The summed E-state index contributed by atoms with van der Waals surface area (Å²) in [6.07, 6.45) is 0. The number of rotatable bonds is 2. The van der Waals surface area contributed by atoms with E-state index in [4.69, 9.17) is 11.6 Å². The van der Waals surface area contributed by atoms with Crippen molar-refractivity contribution in [2.75, 3.05) is 10.6 Å². The Morgan fingerprint density at radius 1 is 1.05 bits per heavy atom. The van der Waals surface area contributed by atoms with Crippen molar-refractivity contribution in [1.29, 1.82) is 0 Å². The molecular weight excluding hydrogens is 286 g/mol. The second kappa shape index (κ2) is 5.88. The summed E-state index contributed by atoms with van der Waals surface area (Å²) < 4.78 is 26.8. The van der Waals surface area contributed by atoms with Crippen LogP contribution in [0, 0.1) is 18.6 Å². The lowest BCUT2D eigenvalue weighted by Gasteiger charge is -2.10. The molecular formula is C14H11ClF2N2O. The highest BCUT2D eigenvalue weighted by Gasteiger charge is 2.10. The first-order valence-electron chi connectivity index (χ1n) is 5.75. The zero-order valence-electron chi connectivity index (χ0n) is 10.5. The molecule has 0 unspecified atom stereocenters. The van der Waals surface area contributed by atoms with E-state index in [9.17, 15) is 13.6 Å². The molecule has 0 atom stereocenters. The van der Waals surface area contributed by atoms with Crippen LogP contribution in [0.3, 0.4) is 0 Å². The van der Waals surface area contributed by atoms with Crippen molar-refractivity contribution < 1.29 is 13.6 Å². The molecule has 3 nitrogen and oxygen atoms in total. The lowest BCUT2D eigenvalue weighted by atomic mass is 10.2. The number of benzene rings is 2. The van der Waals surface area contributed by atoms with E-state index in [1.807, 2.05) is 0 Å². The number of halogens is 3. The van der Waals surface area contributed by atoms with Crippen molar-refractivity contribution in [3.8, 4) is 0 Å². The van der Waals surface area contributed by atoms with Crippen LogP contribution < -0.4 is 10.6 Å². The SMILES string of the molecule is Cc1c(F)cccc1NC(=O)Nc1ccc(Cl)cc1F. The summed E-state index contributed by atoms with van der Waals surface area (Å²) in [6, 6.07) is 7.53. The molecule has 0 bridgehead atoms. The molecule has 2 aromatic carbocycles. The zero-order valence-corrected chi connectivity index (χ0v) is 11.3. The van der Waals surface area contributed by atoms with Crippen LogP contribution in [0.5, 0.6) is 0 Å². The monoisotopic (exact) mass is 296 g/mol. The van der Waals surface area contributed by atoms with Crippen molar-refractivity contribution in [1.82, 2.24) is 0 Å². The fraction of sp³-hybridized carbons (Fsp3) is 0.0714. The van der Waals surface area contributed by atoms with E-state index in [1.165, 1.54) is 31.2 Å². The highest BCUT2D eigenvalue weighted by molar-refractivity contribution is 6.30. The molecule has 2 rings (SSSR count). The molecule has 6 heteroatoms. The lowest BCUT2D eigenvalue weighted by Crippen LogP contribution is -2.20. The molecule has 104 valence electrons. The van der Waals surface area contributed by atoms with Gasteiger partial charge in [0.1, 0.15) is 11.6 Å². The summed E-state index contributed by atoms with van der Waals surface area (Å²) in [4.78, 5) is 11.7. The van der Waals surface area contributed by atoms with E-state index in [0.717, 1.165) is 6.07 Å². The highest BCUT2D eigenvalue weighted by atomic mass is 35.5. The minimum Gasteiger partial charge on any atom is -0.307 e. The predicted molar refractivity (Wildman–Crippen MR) is 75.2 cm³/mol. The average molecular weight is 297 g/mol. The van der Waals surface area contributed by atoms with Gasteiger partial charge in [-0.1, -0.05) is 17.7 Å². The van der Waals surface area contributed by atoms with Crippen molar-refractivity contribution in [3.63, 3.8) is 0 Å². The van der Waals surface area contributed by atoms with Crippen LogP contribution in [0.15, 0.2) is 36.4 Å². The van der Waals surface area contributed by atoms with Crippen LogP contribution in [0.1, 0.15) is 5.56 Å². The third-order valence-electron chi connectivity index (χ3n) is 2.70. The number of nitrogens with one attached hydrogen (secondary N) is 2. The van der Waals surface area contributed by atoms with E-state index in [2.05, 4.69) is 10.6 Å². The van der Waals surface area contributed by atoms with Crippen LogP contribution in [0.2, 0.25) is 5.02 Å². The first kappa shape index (κ1) is 14.3. The quantitative estimate of drug-likeness (QED) is 0.837. The van der Waals surface area contributed by atoms with E-state index < -0.39 is 17.7 Å². The van der Waals surface area contributed by atoms with Gasteiger partial charge in [-0.05, 0) is 37.3 Å². The van der Waals surface area contributed by atoms with E-state index in [0.29, 0.717) is 11.3 Å². The maximum Gasteiger partial charge on any atom is 0.323 e. The maximum absolute atomic E-state index is 13.5. The minimum absolute atomic E-state index is 0.0130. The Balaban J connectivity index is 2.11. The largest absolute Gasteiger partial charge is 0.323 e. The summed E-state index contributed by atoms with van der Waals surface area (Å²) >= 11 is 5.61. The zero-order chi connectivity index (χ0) is 14.7. The Kier molecular flexibility index (Phi) is 4.20. The Labute approximate surface area is 119 Å². The van der Waals surface area contributed by atoms with Crippen molar-refractivity contribution >= 4 is 29.0 Å². The van der Waals surface area contributed by atoms with Gasteiger partial charge in [-0.15, -0.1) is 0 Å². The van der Waals surface area contributed by atoms with Gasteiger partial charge >= 0.3 is 6.03 Å². The number of hydrogen-bond acceptors (Lipinski definition) is 1. The van der Waals surface area contributed by atoms with Gasteiger partial charge in [0, 0.05) is 16.3 Å². The maximum atomic E-state index is 13.5. The second-order valence-corrected chi connectivity index (χ2v) is 4.55. The molecule has 0 spiro atoms. The first-order chi connectivity index (χ1) is 9.47. The van der Waals surface area contributed by atoms with Crippen LogP contribution in [0.25, 0.3) is 0 Å². The molecule has 0 fully saturated rings. The molecule has 2 aromatic rings. The van der Waals surface area contributed by atoms with Gasteiger partial charge in [0.25, 0.3) is 0 Å². The number of urea groups is 1. The fourth-order valence-electron chi connectivity index (χ4n) is 1.61. The van der Waals surface area contributed by atoms with Gasteiger partial charge in [-0.25, -0.2) is 13.6 Å². The number of carbonyl (C=O) groups excluding carboxylic acids is 1. The minimum atomic E-state index is -0.667. The van der Waals surface area contributed by atoms with E-state index in [1.54, 1.807) is 6.07 Å². The summed E-state index contributed by atoms with van der Waals surface area (Å²) in [5.74, 6) is -1.08. The predicted octanol–water partition coefficient (Wildman–Crippen LogP) is 4.57. The Bertz CT molecular complexity index is 662. The molecule has 2 amide bonds. The number of amides is 2. The van der Waals surface area contributed by atoms with Crippen molar-refractivity contribution in [2.45, 2.75) is 6.92 Å². The third-order valence-corrected chi connectivity index (χ3v) is 2.93. The van der Waals surface area contributed by atoms with Crippen LogP contribution in [-0.4, -0.2) is 6.03 Å². The van der Waals surface area contributed by atoms with Gasteiger partial charge in [-0.3, -0.25) is 0 Å². The van der Waals surface area contributed by atoms with Crippen LogP contribution >= 0.6 is 11.6 Å². The number of anilines is 2. The molecule has 20 heavy (non-hydrogen) atoms. The first-order valence-corrected chi connectivity index (χ1v) is 6.13. The van der Waals surface area contributed by atoms with Gasteiger partial charge in [-0.2, -0.15) is 0 Å². The summed E-state index contributed by atoms with van der Waals surface area (Å²) in [7, 11) is 0. The topological polar surface area (TPSA) is 41.1 Å². The average Bonchev–Trinajstić information content (AvgIpc) is 2.38. The fourth-order valence-corrected chi connectivity index (χ4v) is 1.77. The van der Waals surface area contributed by atoms with Gasteiger partial charge in [0.2, 0.25) is 0 Å². The molecule has 0 heterocycles. The summed E-state index contributed by atoms with van der Waals surface area (Å²) in [5.41, 5.74) is 0.608. The van der Waals surface area contributed by atoms with Crippen LogP contribution in [-0.2, 0) is 0 Å². The Morgan fingerprint density at radius 2 is 1.75 bits per heavy atom. The van der Waals surface area contributed by atoms with Crippen molar-refractivity contribution in [3.05, 3.63) is 58.6 Å². The Hall–Kier alpha value is -2.14. The van der Waals surface area contributed by atoms with Gasteiger partial charge in [0.15, 0.2) is 0 Å². The molecule has 0 saturated carbocycles. The molecule has 2 N–H and O–H groups in total. The standard InChI is InChI=1S/C14H11ClF2N2O/c1-8-10(16)3-2-4-12(8)18-14(20)19-13-6-5-9(15)7-11(13)17/h2-7H,1H3,(H2,18,19,20). The third kappa shape index (κ3) is 3.24. The summed E-state index contributed by atoms with van der Waals surface area (Å²) in [5, 5.41) is 5.01. The number of hydrogen-bond donors (Lipinski definition) is 2. The molecule has 0 saturated heterocycles. The number of carbonyl (C=O) groups is 1. The summed E-state index contributed by atoms with van der Waals surface area (Å²) in [6.45, 7) is 1.54. The highest BCUT2D eigenvalue weighted by Crippen LogP contribution is 2.20.